The second kappa shape index (κ2) is 9.72. The largest absolute Gasteiger partial charge is 0.478 e. The Balaban J connectivity index is 2.32. The molecular weight excluding hydrogens is 292 g/mol. The third-order valence-corrected chi connectivity index (χ3v) is 2.52. The van der Waals surface area contributed by atoms with Gasteiger partial charge in [-0.1, -0.05) is 0 Å². The number of methoxy groups -OCH3 is 1. The zero-order chi connectivity index (χ0) is 16.4. The van der Waals surface area contributed by atoms with Crippen molar-refractivity contribution in [2.75, 3.05) is 51.2 Å². The number of nitrogens with one attached hydrogen (secondary N) is 1. The first kappa shape index (κ1) is 17.9. The lowest BCUT2D eigenvalue weighted by molar-refractivity contribution is -0.121. The van der Waals surface area contributed by atoms with Crippen molar-refractivity contribution in [3.8, 4) is 0 Å². The molecule has 0 saturated carbocycles. The van der Waals surface area contributed by atoms with Crippen LogP contribution in [0.2, 0.25) is 0 Å². The van der Waals surface area contributed by atoms with Crippen molar-refractivity contribution in [3.63, 3.8) is 0 Å². The fourth-order valence-electron chi connectivity index (χ4n) is 1.57. The van der Waals surface area contributed by atoms with Gasteiger partial charge in [0.25, 0.3) is 0 Å². The molecule has 22 heavy (non-hydrogen) atoms. The highest BCUT2D eigenvalue weighted by molar-refractivity contribution is 5.95. The van der Waals surface area contributed by atoms with Gasteiger partial charge >= 0.3 is 5.97 Å². The van der Waals surface area contributed by atoms with Gasteiger partial charge in [-0.25, -0.2) is 4.79 Å². The summed E-state index contributed by atoms with van der Waals surface area (Å²) >= 11 is 0. The third kappa shape index (κ3) is 7.02. The van der Waals surface area contributed by atoms with Crippen LogP contribution in [0.3, 0.4) is 0 Å². The number of nitrogen functional groups attached to an aromatic ring is 1. The molecule has 0 aliphatic carbocycles. The molecule has 1 aromatic rings. The summed E-state index contributed by atoms with van der Waals surface area (Å²) in [6, 6.07) is 4.11. The minimum absolute atomic E-state index is 0.00256. The molecule has 0 fully saturated rings. The monoisotopic (exact) mass is 312 g/mol. The smallest absolute Gasteiger partial charge is 0.335 e. The van der Waals surface area contributed by atoms with E-state index in [0.29, 0.717) is 25.5 Å². The number of anilines is 2. The number of hydrogen-bond acceptors (Lipinski definition) is 6. The SMILES string of the molecule is COCCOCCOCC(=O)Nc1cc(N)cc(C(=O)O)c1. The van der Waals surface area contributed by atoms with Gasteiger partial charge in [-0.15, -0.1) is 0 Å². The molecule has 0 aromatic heterocycles. The number of carbonyl (C=O) groups excluding carboxylic acids is 1. The molecule has 0 aliphatic rings. The van der Waals surface area contributed by atoms with Crippen molar-refractivity contribution in [2.24, 2.45) is 0 Å². The quantitative estimate of drug-likeness (QED) is 0.427. The highest BCUT2D eigenvalue weighted by atomic mass is 16.5. The Hall–Kier alpha value is -2.16. The Morgan fingerprint density at radius 1 is 1.14 bits per heavy atom. The van der Waals surface area contributed by atoms with E-state index in [4.69, 9.17) is 25.1 Å². The Bertz CT molecular complexity index is 506. The van der Waals surface area contributed by atoms with E-state index in [2.05, 4.69) is 5.32 Å². The first-order valence-electron chi connectivity index (χ1n) is 6.61. The van der Waals surface area contributed by atoms with Crippen LogP contribution in [0.15, 0.2) is 18.2 Å². The summed E-state index contributed by atoms with van der Waals surface area (Å²) in [7, 11) is 1.58. The van der Waals surface area contributed by atoms with Gasteiger partial charge in [-0.05, 0) is 18.2 Å². The topological polar surface area (TPSA) is 120 Å². The summed E-state index contributed by atoms with van der Waals surface area (Å²) in [4.78, 5) is 22.5. The summed E-state index contributed by atoms with van der Waals surface area (Å²) in [5, 5.41) is 11.4. The van der Waals surface area contributed by atoms with Gasteiger partial charge in [0.05, 0.1) is 32.0 Å². The Morgan fingerprint density at radius 2 is 1.82 bits per heavy atom. The molecule has 8 nitrogen and oxygen atoms in total. The van der Waals surface area contributed by atoms with E-state index in [1.54, 1.807) is 7.11 Å². The fourth-order valence-corrected chi connectivity index (χ4v) is 1.57. The molecule has 122 valence electrons. The Morgan fingerprint density at radius 3 is 2.50 bits per heavy atom. The van der Waals surface area contributed by atoms with Crippen LogP contribution in [-0.4, -0.2) is 57.1 Å². The lowest BCUT2D eigenvalue weighted by Crippen LogP contribution is -2.20. The number of ether oxygens (including phenoxy) is 3. The maximum Gasteiger partial charge on any atom is 0.335 e. The van der Waals surface area contributed by atoms with Crippen LogP contribution in [0.25, 0.3) is 0 Å². The molecule has 1 amide bonds. The number of benzene rings is 1. The molecule has 0 aliphatic heterocycles. The minimum Gasteiger partial charge on any atom is -0.478 e. The first-order valence-corrected chi connectivity index (χ1v) is 6.61. The highest BCUT2D eigenvalue weighted by Crippen LogP contribution is 2.16. The van der Waals surface area contributed by atoms with Crippen LogP contribution in [-0.2, 0) is 19.0 Å². The molecule has 4 N–H and O–H groups in total. The van der Waals surface area contributed by atoms with Gasteiger partial charge in [-0.3, -0.25) is 4.79 Å². The van der Waals surface area contributed by atoms with Crippen molar-refractivity contribution >= 4 is 23.3 Å². The molecular formula is C14H20N2O6. The van der Waals surface area contributed by atoms with Crippen LogP contribution in [0.4, 0.5) is 11.4 Å². The number of rotatable bonds is 10. The van der Waals surface area contributed by atoms with Crippen molar-refractivity contribution in [2.45, 2.75) is 0 Å². The molecule has 0 atom stereocenters. The number of nitrogens with two attached hydrogens (primary N) is 1. The molecule has 1 rings (SSSR count). The second-order valence-corrected chi connectivity index (χ2v) is 4.35. The molecule has 0 spiro atoms. The number of hydrogen-bond donors (Lipinski definition) is 3. The van der Waals surface area contributed by atoms with E-state index >= 15 is 0 Å². The van der Waals surface area contributed by atoms with Gasteiger partial charge in [0, 0.05) is 18.5 Å². The van der Waals surface area contributed by atoms with E-state index in [1.165, 1.54) is 18.2 Å². The van der Waals surface area contributed by atoms with E-state index in [-0.39, 0.29) is 24.5 Å². The van der Waals surface area contributed by atoms with E-state index in [9.17, 15) is 9.59 Å². The van der Waals surface area contributed by atoms with Crippen molar-refractivity contribution in [1.29, 1.82) is 0 Å². The van der Waals surface area contributed by atoms with Crippen molar-refractivity contribution < 1.29 is 28.9 Å². The van der Waals surface area contributed by atoms with E-state index in [1.807, 2.05) is 0 Å². The van der Waals surface area contributed by atoms with E-state index < -0.39 is 11.9 Å². The predicted octanol–water partition coefficient (Wildman–Crippen LogP) is 0.585. The van der Waals surface area contributed by atoms with Gasteiger partial charge in [0.2, 0.25) is 5.91 Å². The molecule has 1 aromatic carbocycles. The van der Waals surface area contributed by atoms with Crippen molar-refractivity contribution in [3.05, 3.63) is 23.8 Å². The average Bonchev–Trinajstić information content (AvgIpc) is 2.45. The fraction of sp³-hybridized carbons (Fsp3) is 0.429. The van der Waals surface area contributed by atoms with Gasteiger partial charge in [0.1, 0.15) is 6.61 Å². The minimum atomic E-state index is -1.12. The molecule has 0 heterocycles. The predicted molar refractivity (Wildman–Crippen MR) is 80.0 cm³/mol. The number of carbonyl (C=O) groups is 2. The maximum atomic E-state index is 11.7. The summed E-state index contributed by atoms with van der Waals surface area (Å²) in [5.41, 5.74) is 6.14. The normalized spacial score (nSPS) is 10.4. The zero-order valence-electron chi connectivity index (χ0n) is 12.3. The Labute approximate surface area is 128 Å². The standard InChI is InChI=1S/C14H20N2O6/c1-20-2-3-21-4-5-22-9-13(17)16-12-7-10(14(18)19)6-11(15)8-12/h6-8H,2-5,9,15H2,1H3,(H,16,17)(H,18,19). The Kier molecular flexibility index (Phi) is 7.90. The number of aromatic carboxylic acids is 1. The zero-order valence-corrected chi connectivity index (χ0v) is 12.3. The third-order valence-electron chi connectivity index (χ3n) is 2.52. The first-order chi connectivity index (χ1) is 10.5. The summed E-state index contributed by atoms with van der Waals surface area (Å²) in [5.74, 6) is -1.52. The van der Waals surface area contributed by atoms with Crippen LogP contribution in [0, 0.1) is 0 Å². The van der Waals surface area contributed by atoms with E-state index in [0.717, 1.165) is 0 Å². The highest BCUT2D eigenvalue weighted by Gasteiger charge is 2.08. The number of carboxylic acids is 1. The molecule has 0 unspecified atom stereocenters. The van der Waals surface area contributed by atoms with Crippen LogP contribution in [0.5, 0.6) is 0 Å². The second-order valence-electron chi connectivity index (χ2n) is 4.35. The van der Waals surface area contributed by atoms with Crippen LogP contribution >= 0.6 is 0 Å². The molecule has 0 saturated heterocycles. The molecule has 8 heteroatoms. The summed E-state index contributed by atoms with van der Waals surface area (Å²) in [6.07, 6.45) is 0. The molecule has 0 radical (unpaired) electrons. The maximum absolute atomic E-state index is 11.7. The lowest BCUT2D eigenvalue weighted by Gasteiger charge is -2.08. The van der Waals surface area contributed by atoms with Crippen LogP contribution in [0.1, 0.15) is 10.4 Å². The summed E-state index contributed by atoms with van der Waals surface area (Å²) < 4.78 is 15.1. The summed E-state index contributed by atoms with van der Waals surface area (Å²) in [6.45, 7) is 1.44. The molecule has 0 bridgehead atoms. The van der Waals surface area contributed by atoms with Crippen LogP contribution < -0.4 is 11.1 Å². The van der Waals surface area contributed by atoms with Crippen molar-refractivity contribution in [1.82, 2.24) is 0 Å². The average molecular weight is 312 g/mol. The van der Waals surface area contributed by atoms with Gasteiger partial charge in [-0.2, -0.15) is 0 Å². The van der Waals surface area contributed by atoms with Gasteiger partial charge < -0.3 is 30.4 Å². The number of amides is 1. The van der Waals surface area contributed by atoms with Gasteiger partial charge in [0.15, 0.2) is 0 Å². The lowest BCUT2D eigenvalue weighted by atomic mass is 10.2. The number of carboxylic acid groups (broad SMARTS) is 1.